The highest BCUT2D eigenvalue weighted by Crippen LogP contribution is 2.28. The number of ether oxygens (including phenoxy) is 2. The summed E-state index contributed by atoms with van der Waals surface area (Å²) in [7, 11) is 1.40. The molecule has 2 rings (SSSR count). The number of benzene rings is 2. The molecule has 24 heavy (non-hydrogen) atoms. The zero-order valence-electron chi connectivity index (χ0n) is 12.6. The Labute approximate surface area is 137 Å². The molecule has 0 aliphatic carbocycles. The molecule has 7 heteroatoms. The van der Waals surface area contributed by atoms with Crippen molar-refractivity contribution in [1.82, 2.24) is 0 Å². The molecule has 0 bridgehead atoms. The van der Waals surface area contributed by atoms with E-state index in [9.17, 15) is 14.9 Å². The summed E-state index contributed by atoms with van der Waals surface area (Å²) in [6, 6.07) is 12.2. The van der Waals surface area contributed by atoms with Crippen LogP contribution in [0, 0.1) is 21.4 Å². The second-order valence-corrected chi connectivity index (χ2v) is 4.58. The zero-order valence-corrected chi connectivity index (χ0v) is 12.6. The first kappa shape index (κ1) is 16.7. The van der Waals surface area contributed by atoms with Crippen LogP contribution in [0.3, 0.4) is 0 Å². The third kappa shape index (κ3) is 4.18. The molecule has 0 atom stereocenters. The number of nitro benzene ring substituents is 1. The van der Waals surface area contributed by atoms with Crippen LogP contribution >= 0.6 is 0 Å². The Morgan fingerprint density at radius 3 is 2.71 bits per heavy atom. The minimum Gasteiger partial charge on any atom is -0.493 e. The molecular weight excluding hydrogens is 312 g/mol. The molecule has 2 aromatic carbocycles. The SMILES string of the molecule is COc1cc(C#N)ccc1OC(=O)/C=C/c1cccc([N+](=O)[O-])c1. The number of hydrogen-bond donors (Lipinski definition) is 0. The van der Waals surface area contributed by atoms with E-state index in [4.69, 9.17) is 14.7 Å². The molecule has 0 spiro atoms. The summed E-state index contributed by atoms with van der Waals surface area (Å²) in [6.07, 6.45) is 2.56. The Morgan fingerprint density at radius 1 is 1.25 bits per heavy atom. The van der Waals surface area contributed by atoms with Gasteiger partial charge in [0.1, 0.15) is 0 Å². The summed E-state index contributed by atoms with van der Waals surface area (Å²) in [5.74, 6) is -0.249. The normalized spacial score (nSPS) is 10.2. The van der Waals surface area contributed by atoms with E-state index in [-0.39, 0.29) is 17.2 Å². The summed E-state index contributed by atoms with van der Waals surface area (Å²) in [5.41, 5.74) is 0.797. The van der Waals surface area contributed by atoms with Crippen molar-refractivity contribution in [3.8, 4) is 17.6 Å². The summed E-state index contributed by atoms with van der Waals surface area (Å²) < 4.78 is 10.2. The molecule has 0 N–H and O–H groups in total. The molecule has 7 nitrogen and oxygen atoms in total. The van der Waals surface area contributed by atoms with Gasteiger partial charge in [0.25, 0.3) is 5.69 Å². The number of non-ortho nitro benzene ring substituents is 1. The van der Waals surface area contributed by atoms with Crippen molar-refractivity contribution < 1.29 is 19.2 Å². The van der Waals surface area contributed by atoms with Gasteiger partial charge in [0.2, 0.25) is 0 Å². The number of nitriles is 1. The lowest BCUT2D eigenvalue weighted by atomic mass is 10.2. The van der Waals surface area contributed by atoms with Gasteiger partial charge < -0.3 is 9.47 Å². The largest absolute Gasteiger partial charge is 0.493 e. The van der Waals surface area contributed by atoms with Crippen molar-refractivity contribution in [3.63, 3.8) is 0 Å². The first-order valence-electron chi connectivity index (χ1n) is 6.76. The van der Waals surface area contributed by atoms with Gasteiger partial charge in [-0.3, -0.25) is 10.1 Å². The number of esters is 1. The van der Waals surface area contributed by atoms with Crippen LogP contribution < -0.4 is 9.47 Å². The van der Waals surface area contributed by atoms with Crippen LogP contribution in [-0.4, -0.2) is 18.0 Å². The number of carbonyl (C=O) groups is 1. The van der Waals surface area contributed by atoms with Crippen molar-refractivity contribution in [2.45, 2.75) is 0 Å². The smallest absolute Gasteiger partial charge is 0.336 e. The fourth-order valence-electron chi connectivity index (χ4n) is 1.87. The molecule has 0 aliphatic heterocycles. The molecule has 0 aromatic heterocycles. The van der Waals surface area contributed by atoms with Crippen LogP contribution in [0.4, 0.5) is 5.69 Å². The lowest BCUT2D eigenvalue weighted by Gasteiger charge is -2.07. The second-order valence-electron chi connectivity index (χ2n) is 4.58. The maximum absolute atomic E-state index is 11.9. The van der Waals surface area contributed by atoms with Crippen molar-refractivity contribution in [3.05, 3.63) is 69.8 Å². The molecule has 0 saturated carbocycles. The number of hydrogen-bond acceptors (Lipinski definition) is 6. The summed E-state index contributed by atoms with van der Waals surface area (Å²) in [5, 5.41) is 19.5. The fraction of sp³-hybridized carbons (Fsp3) is 0.0588. The first-order chi connectivity index (χ1) is 11.5. The first-order valence-corrected chi connectivity index (χ1v) is 6.76. The number of carbonyl (C=O) groups excluding carboxylic acids is 1. The third-order valence-corrected chi connectivity index (χ3v) is 3.00. The predicted octanol–water partition coefficient (Wildman–Crippen LogP) is 3.09. The van der Waals surface area contributed by atoms with Gasteiger partial charge in [0.15, 0.2) is 11.5 Å². The lowest BCUT2D eigenvalue weighted by Crippen LogP contribution is -2.05. The quantitative estimate of drug-likeness (QED) is 0.275. The standard InChI is InChI=1S/C17H12N2O5/c1-23-16-10-13(11-18)5-7-15(16)24-17(20)8-6-12-3-2-4-14(9-12)19(21)22/h2-10H,1H3/b8-6+. The van der Waals surface area contributed by atoms with Crippen molar-refractivity contribution in [2.24, 2.45) is 0 Å². The second kappa shape index (κ2) is 7.56. The Kier molecular flexibility index (Phi) is 5.26. The van der Waals surface area contributed by atoms with Crippen LogP contribution in [-0.2, 0) is 4.79 Å². The molecule has 0 heterocycles. The minimum atomic E-state index is -0.676. The van der Waals surface area contributed by atoms with Gasteiger partial charge >= 0.3 is 5.97 Å². The van der Waals surface area contributed by atoms with E-state index in [2.05, 4.69) is 0 Å². The summed E-state index contributed by atoms with van der Waals surface area (Å²) >= 11 is 0. The van der Waals surface area contributed by atoms with Crippen LogP contribution in [0.15, 0.2) is 48.5 Å². The number of nitro groups is 1. The molecule has 0 saturated heterocycles. The Hall–Kier alpha value is -3.66. The van der Waals surface area contributed by atoms with E-state index in [0.717, 1.165) is 6.08 Å². The number of nitrogens with zero attached hydrogens (tertiary/aromatic N) is 2. The molecule has 0 aliphatic rings. The molecule has 120 valence electrons. The highest BCUT2D eigenvalue weighted by atomic mass is 16.6. The maximum Gasteiger partial charge on any atom is 0.336 e. The third-order valence-electron chi connectivity index (χ3n) is 3.00. The van der Waals surface area contributed by atoms with E-state index in [0.29, 0.717) is 11.1 Å². The predicted molar refractivity (Wildman–Crippen MR) is 85.5 cm³/mol. The van der Waals surface area contributed by atoms with Gasteiger partial charge in [-0.1, -0.05) is 12.1 Å². The van der Waals surface area contributed by atoms with Gasteiger partial charge in [-0.2, -0.15) is 5.26 Å². The van der Waals surface area contributed by atoms with Crippen LogP contribution in [0.25, 0.3) is 6.08 Å². The van der Waals surface area contributed by atoms with E-state index in [1.54, 1.807) is 6.07 Å². The zero-order chi connectivity index (χ0) is 17.5. The molecule has 2 aromatic rings. The number of rotatable bonds is 5. The van der Waals surface area contributed by atoms with Crippen LogP contribution in [0.5, 0.6) is 11.5 Å². The van der Waals surface area contributed by atoms with Gasteiger partial charge in [-0.15, -0.1) is 0 Å². The van der Waals surface area contributed by atoms with Crippen molar-refractivity contribution in [2.75, 3.05) is 7.11 Å². The van der Waals surface area contributed by atoms with Crippen LogP contribution in [0.1, 0.15) is 11.1 Å². The molecule has 0 fully saturated rings. The molecule has 0 amide bonds. The lowest BCUT2D eigenvalue weighted by molar-refractivity contribution is -0.384. The molecular formula is C17H12N2O5. The number of methoxy groups -OCH3 is 1. The Bertz CT molecular complexity index is 852. The van der Waals surface area contributed by atoms with E-state index >= 15 is 0 Å². The summed E-state index contributed by atoms with van der Waals surface area (Å²) in [4.78, 5) is 22.1. The fourth-order valence-corrected chi connectivity index (χ4v) is 1.87. The highest BCUT2D eigenvalue weighted by molar-refractivity contribution is 5.89. The average Bonchev–Trinajstić information content (AvgIpc) is 2.60. The van der Waals surface area contributed by atoms with E-state index < -0.39 is 10.9 Å². The van der Waals surface area contributed by atoms with Gasteiger partial charge in [0, 0.05) is 24.3 Å². The minimum absolute atomic E-state index is 0.0701. The van der Waals surface area contributed by atoms with Crippen LogP contribution in [0.2, 0.25) is 0 Å². The van der Waals surface area contributed by atoms with E-state index in [1.807, 2.05) is 6.07 Å². The molecule has 0 unspecified atom stereocenters. The van der Waals surface area contributed by atoms with Gasteiger partial charge in [-0.25, -0.2) is 4.79 Å². The highest BCUT2D eigenvalue weighted by Gasteiger charge is 2.09. The Balaban J connectivity index is 2.12. The average molecular weight is 324 g/mol. The molecule has 0 radical (unpaired) electrons. The summed E-state index contributed by atoms with van der Waals surface area (Å²) in [6.45, 7) is 0. The van der Waals surface area contributed by atoms with Crippen molar-refractivity contribution >= 4 is 17.7 Å². The van der Waals surface area contributed by atoms with Gasteiger partial charge in [-0.05, 0) is 23.8 Å². The van der Waals surface area contributed by atoms with E-state index in [1.165, 1.54) is 49.6 Å². The van der Waals surface area contributed by atoms with Crippen molar-refractivity contribution in [1.29, 1.82) is 5.26 Å². The topological polar surface area (TPSA) is 102 Å². The monoisotopic (exact) mass is 324 g/mol. The van der Waals surface area contributed by atoms with Gasteiger partial charge in [0.05, 0.1) is 23.7 Å². The maximum atomic E-state index is 11.9. The Morgan fingerprint density at radius 2 is 2.04 bits per heavy atom.